The minimum atomic E-state index is 0.221. The zero-order valence-corrected chi connectivity index (χ0v) is 13.1. The lowest BCUT2D eigenvalue weighted by Gasteiger charge is -2.50. The summed E-state index contributed by atoms with van der Waals surface area (Å²) in [7, 11) is 0. The summed E-state index contributed by atoms with van der Waals surface area (Å²) in [6.45, 7) is 14.7. The molecular formula is C17H28N2. The van der Waals surface area contributed by atoms with Crippen molar-refractivity contribution in [3.05, 3.63) is 35.4 Å². The van der Waals surface area contributed by atoms with Gasteiger partial charge in [0.2, 0.25) is 0 Å². The minimum absolute atomic E-state index is 0.221. The Kier molecular flexibility index (Phi) is 4.03. The molecule has 2 heteroatoms. The second kappa shape index (κ2) is 5.26. The molecule has 1 saturated heterocycles. The lowest BCUT2D eigenvalue weighted by molar-refractivity contribution is 0.0246. The van der Waals surface area contributed by atoms with E-state index in [1.807, 2.05) is 0 Å². The van der Waals surface area contributed by atoms with Crippen molar-refractivity contribution in [2.45, 2.75) is 58.7 Å². The lowest BCUT2D eigenvalue weighted by atomic mass is 9.88. The first kappa shape index (κ1) is 14.5. The average molecular weight is 260 g/mol. The van der Waals surface area contributed by atoms with Crippen LogP contribution in [-0.4, -0.2) is 29.1 Å². The molecule has 1 N–H and O–H groups in total. The fourth-order valence-electron chi connectivity index (χ4n) is 2.77. The number of aryl methyl sites for hydroxylation is 1. The fraction of sp³-hybridized carbons (Fsp3) is 0.647. The van der Waals surface area contributed by atoms with Crippen LogP contribution in [0.1, 0.15) is 45.2 Å². The third-order valence-electron chi connectivity index (χ3n) is 4.58. The molecule has 2 nitrogen and oxygen atoms in total. The standard InChI is InChI=1S/C17H28N2/c1-6-17(5)13-19(16(3,4)12-18-17)11-15-9-7-8-14(2)10-15/h7-10,18H,6,11-13H2,1-5H3. The van der Waals surface area contributed by atoms with Gasteiger partial charge in [-0.2, -0.15) is 0 Å². The van der Waals surface area contributed by atoms with E-state index in [0.717, 1.165) is 19.6 Å². The van der Waals surface area contributed by atoms with E-state index in [4.69, 9.17) is 0 Å². The first-order chi connectivity index (χ1) is 8.85. The van der Waals surface area contributed by atoms with Gasteiger partial charge in [0.15, 0.2) is 0 Å². The molecule has 1 unspecified atom stereocenters. The summed E-state index contributed by atoms with van der Waals surface area (Å²) in [5.41, 5.74) is 3.25. The van der Waals surface area contributed by atoms with Crippen LogP contribution < -0.4 is 5.32 Å². The van der Waals surface area contributed by atoms with Crippen molar-refractivity contribution in [3.8, 4) is 0 Å². The number of benzene rings is 1. The highest BCUT2D eigenvalue weighted by atomic mass is 15.3. The molecule has 2 rings (SSSR count). The predicted molar refractivity (Wildman–Crippen MR) is 82.4 cm³/mol. The Balaban J connectivity index is 2.16. The summed E-state index contributed by atoms with van der Waals surface area (Å²) in [4.78, 5) is 2.63. The Bertz CT molecular complexity index is 439. The molecule has 0 bridgehead atoms. The maximum absolute atomic E-state index is 3.72. The molecule has 1 fully saturated rings. The van der Waals surface area contributed by atoms with Crippen molar-refractivity contribution in [2.24, 2.45) is 0 Å². The molecule has 19 heavy (non-hydrogen) atoms. The number of rotatable bonds is 3. The number of hydrogen-bond acceptors (Lipinski definition) is 2. The van der Waals surface area contributed by atoms with Crippen LogP contribution in [-0.2, 0) is 6.54 Å². The fourth-order valence-corrected chi connectivity index (χ4v) is 2.77. The maximum atomic E-state index is 3.72. The van der Waals surface area contributed by atoms with Crippen LogP contribution in [0, 0.1) is 6.92 Å². The van der Waals surface area contributed by atoms with E-state index in [1.54, 1.807) is 0 Å². The molecule has 1 aromatic carbocycles. The van der Waals surface area contributed by atoms with E-state index in [0.29, 0.717) is 0 Å². The highest BCUT2D eigenvalue weighted by molar-refractivity contribution is 5.22. The molecule has 0 amide bonds. The zero-order valence-electron chi connectivity index (χ0n) is 13.1. The van der Waals surface area contributed by atoms with Crippen LogP contribution in [0.25, 0.3) is 0 Å². The number of nitrogens with one attached hydrogen (secondary N) is 1. The molecule has 0 aromatic heterocycles. The topological polar surface area (TPSA) is 15.3 Å². The Morgan fingerprint density at radius 3 is 2.63 bits per heavy atom. The maximum Gasteiger partial charge on any atom is 0.0282 e. The summed E-state index contributed by atoms with van der Waals surface area (Å²) < 4.78 is 0. The molecule has 1 aromatic rings. The quantitative estimate of drug-likeness (QED) is 0.896. The number of nitrogens with zero attached hydrogens (tertiary/aromatic N) is 1. The van der Waals surface area contributed by atoms with E-state index in [2.05, 4.69) is 69.1 Å². The van der Waals surface area contributed by atoms with Gasteiger partial charge in [-0.1, -0.05) is 36.8 Å². The lowest BCUT2D eigenvalue weighted by Crippen LogP contribution is -2.66. The van der Waals surface area contributed by atoms with Gasteiger partial charge in [0.25, 0.3) is 0 Å². The molecule has 0 spiro atoms. The zero-order chi connectivity index (χ0) is 14.1. The monoisotopic (exact) mass is 260 g/mol. The van der Waals surface area contributed by atoms with Gasteiger partial charge >= 0.3 is 0 Å². The molecular weight excluding hydrogens is 232 g/mol. The Morgan fingerprint density at radius 2 is 2.00 bits per heavy atom. The van der Waals surface area contributed by atoms with Crippen molar-refractivity contribution >= 4 is 0 Å². The molecule has 1 aliphatic rings. The van der Waals surface area contributed by atoms with Gasteiger partial charge in [-0.15, -0.1) is 0 Å². The number of piperazine rings is 1. The van der Waals surface area contributed by atoms with Crippen molar-refractivity contribution in [1.82, 2.24) is 10.2 Å². The van der Waals surface area contributed by atoms with E-state index < -0.39 is 0 Å². The predicted octanol–water partition coefficient (Wildman–Crippen LogP) is 3.35. The first-order valence-corrected chi connectivity index (χ1v) is 7.40. The van der Waals surface area contributed by atoms with Crippen LogP contribution >= 0.6 is 0 Å². The van der Waals surface area contributed by atoms with E-state index in [1.165, 1.54) is 17.5 Å². The van der Waals surface area contributed by atoms with E-state index in [-0.39, 0.29) is 11.1 Å². The highest BCUT2D eigenvalue weighted by Crippen LogP contribution is 2.27. The number of hydrogen-bond donors (Lipinski definition) is 1. The minimum Gasteiger partial charge on any atom is -0.308 e. The molecule has 0 radical (unpaired) electrons. The Labute approximate surface area is 118 Å². The largest absolute Gasteiger partial charge is 0.308 e. The molecule has 1 aliphatic heterocycles. The van der Waals surface area contributed by atoms with Crippen molar-refractivity contribution in [1.29, 1.82) is 0 Å². The van der Waals surface area contributed by atoms with Gasteiger partial charge in [0.1, 0.15) is 0 Å². The van der Waals surface area contributed by atoms with Crippen molar-refractivity contribution in [2.75, 3.05) is 13.1 Å². The first-order valence-electron chi connectivity index (χ1n) is 7.40. The van der Waals surface area contributed by atoms with Crippen LogP contribution in [0.5, 0.6) is 0 Å². The van der Waals surface area contributed by atoms with Gasteiger partial charge in [-0.05, 0) is 39.7 Å². The highest BCUT2D eigenvalue weighted by Gasteiger charge is 2.38. The summed E-state index contributed by atoms with van der Waals surface area (Å²) in [6.07, 6.45) is 1.17. The smallest absolute Gasteiger partial charge is 0.0282 e. The van der Waals surface area contributed by atoms with Crippen LogP contribution in [0.2, 0.25) is 0 Å². The van der Waals surface area contributed by atoms with Crippen LogP contribution in [0.4, 0.5) is 0 Å². The molecule has 1 atom stereocenters. The summed E-state index contributed by atoms with van der Waals surface area (Å²) in [5, 5.41) is 3.72. The molecule has 0 saturated carbocycles. The molecule has 106 valence electrons. The SMILES string of the molecule is CCC1(C)CN(Cc2cccc(C)c2)C(C)(C)CN1. The second-order valence-electron chi connectivity index (χ2n) is 6.93. The second-order valence-corrected chi connectivity index (χ2v) is 6.93. The third kappa shape index (κ3) is 3.37. The summed E-state index contributed by atoms with van der Waals surface area (Å²) in [5.74, 6) is 0. The molecule has 0 aliphatic carbocycles. The van der Waals surface area contributed by atoms with Crippen molar-refractivity contribution in [3.63, 3.8) is 0 Å². The third-order valence-corrected chi connectivity index (χ3v) is 4.58. The summed E-state index contributed by atoms with van der Waals surface area (Å²) in [6, 6.07) is 8.89. The Hall–Kier alpha value is -0.860. The summed E-state index contributed by atoms with van der Waals surface area (Å²) >= 11 is 0. The van der Waals surface area contributed by atoms with Crippen molar-refractivity contribution < 1.29 is 0 Å². The van der Waals surface area contributed by atoms with E-state index in [9.17, 15) is 0 Å². The average Bonchev–Trinajstić information content (AvgIpc) is 2.35. The van der Waals surface area contributed by atoms with Gasteiger partial charge in [-0.3, -0.25) is 4.90 Å². The van der Waals surface area contributed by atoms with Crippen LogP contribution in [0.15, 0.2) is 24.3 Å². The van der Waals surface area contributed by atoms with Gasteiger partial charge in [-0.25, -0.2) is 0 Å². The normalized spacial score (nSPS) is 27.4. The van der Waals surface area contributed by atoms with Gasteiger partial charge in [0, 0.05) is 30.7 Å². The van der Waals surface area contributed by atoms with Gasteiger partial charge in [0.05, 0.1) is 0 Å². The van der Waals surface area contributed by atoms with Crippen LogP contribution in [0.3, 0.4) is 0 Å². The van der Waals surface area contributed by atoms with E-state index >= 15 is 0 Å². The Morgan fingerprint density at radius 1 is 1.26 bits per heavy atom. The molecule has 1 heterocycles. The van der Waals surface area contributed by atoms with Gasteiger partial charge < -0.3 is 5.32 Å².